The van der Waals surface area contributed by atoms with E-state index in [4.69, 9.17) is 9.47 Å². The summed E-state index contributed by atoms with van der Waals surface area (Å²) in [5.41, 5.74) is -0.727. The van der Waals surface area contributed by atoms with Crippen molar-refractivity contribution in [2.75, 3.05) is 13.7 Å². The molecular weight excluding hydrogens is 234 g/mol. The molecule has 1 saturated heterocycles. The van der Waals surface area contributed by atoms with Gasteiger partial charge in [-0.25, -0.2) is 9.59 Å². The van der Waals surface area contributed by atoms with Gasteiger partial charge in [0.05, 0.1) is 13.2 Å². The van der Waals surface area contributed by atoms with E-state index in [9.17, 15) is 9.59 Å². The molecule has 0 unspecified atom stereocenters. The van der Waals surface area contributed by atoms with Crippen molar-refractivity contribution < 1.29 is 19.1 Å². The van der Waals surface area contributed by atoms with E-state index in [0.29, 0.717) is 6.54 Å². The lowest BCUT2D eigenvalue weighted by Crippen LogP contribution is -2.52. The van der Waals surface area contributed by atoms with Gasteiger partial charge in [0, 0.05) is 12.6 Å². The Hall–Kier alpha value is -1.52. The molecule has 2 aliphatic heterocycles. The van der Waals surface area contributed by atoms with Crippen LogP contribution in [0.15, 0.2) is 12.2 Å². The van der Waals surface area contributed by atoms with Crippen LogP contribution in [0.25, 0.3) is 0 Å². The van der Waals surface area contributed by atoms with Crippen molar-refractivity contribution >= 4 is 12.1 Å². The van der Waals surface area contributed by atoms with E-state index in [2.05, 4.69) is 0 Å². The maximum atomic E-state index is 11.8. The molecule has 2 atom stereocenters. The van der Waals surface area contributed by atoms with Crippen LogP contribution >= 0.6 is 0 Å². The highest BCUT2D eigenvalue weighted by Gasteiger charge is 2.44. The third-order valence-corrected chi connectivity index (χ3v) is 3.69. The first-order chi connectivity index (χ1) is 8.57. The summed E-state index contributed by atoms with van der Waals surface area (Å²) in [5.74, 6) is -0.341. The summed E-state index contributed by atoms with van der Waals surface area (Å²) in [7, 11) is 1.38. The smallest absolute Gasteiger partial charge is 0.409 e. The van der Waals surface area contributed by atoms with E-state index in [1.807, 2.05) is 6.92 Å². The topological polar surface area (TPSA) is 55.8 Å². The molecule has 18 heavy (non-hydrogen) atoms. The number of rotatable bonds is 1. The Morgan fingerprint density at radius 3 is 2.89 bits per heavy atom. The van der Waals surface area contributed by atoms with E-state index >= 15 is 0 Å². The van der Waals surface area contributed by atoms with Crippen molar-refractivity contribution in [3.63, 3.8) is 0 Å². The summed E-state index contributed by atoms with van der Waals surface area (Å²) < 4.78 is 10.2. The van der Waals surface area contributed by atoms with Crippen LogP contribution < -0.4 is 0 Å². The van der Waals surface area contributed by atoms with Crippen molar-refractivity contribution in [2.45, 2.75) is 44.2 Å². The highest BCUT2D eigenvalue weighted by Crippen LogP contribution is 2.32. The maximum Gasteiger partial charge on any atom is 0.409 e. The second kappa shape index (κ2) is 5.00. The van der Waals surface area contributed by atoms with Gasteiger partial charge in [0.1, 0.15) is 5.60 Å². The van der Waals surface area contributed by atoms with Gasteiger partial charge in [-0.3, -0.25) is 0 Å². The van der Waals surface area contributed by atoms with Gasteiger partial charge in [0.15, 0.2) is 0 Å². The Balaban J connectivity index is 2.23. The van der Waals surface area contributed by atoms with Gasteiger partial charge in [-0.1, -0.05) is 12.8 Å². The zero-order chi connectivity index (χ0) is 13.2. The van der Waals surface area contributed by atoms with Gasteiger partial charge >= 0.3 is 12.1 Å². The van der Waals surface area contributed by atoms with Gasteiger partial charge in [0.25, 0.3) is 0 Å². The second-order valence-corrected chi connectivity index (χ2v) is 4.97. The molecule has 0 aliphatic carbocycles. The number of cyclic esters (lactones) is 1. The van der Waals surface area contributed by atoms with Crippen LogP contribution in [0.5, 0.6) is 0 Å². The first kappa shape index (κ1) is 12.9. The summed E-state index contributed by atoms with van der Waals surface area (Å²) in [6.45, 7) is 2.50. The number of nitrogens with zero attached hydrogens (tertiary/aromatic N) is 1. The van der Waals surface area contributed by atoms with Crippen molar-refractivity contribution in [3.8, 4) is 0 Å². The third-order valence-electron chi connectivity index (χ3n) is 3.69. The Kier molecular flexibility index (Phi) is 3.59. The minimum absolute atomic E-state index is 0.143. The largest absolute Gasteiger partial charge is 0.453 e. The number of methoxy groups -OCH3 is 1. The summed E-state index contributed by atoms with van der Waals surface area (Å²) in [5, 5.41) is 0. The highest BCUT2D eigenvalue weighted by molar-refractivity contribution is 5.85. The van der Waals surface area contributed by atoms with Gasteiger partial charge < -0.3 is 14.4 Å². The molecule has 0 spiro atoms. The van der Waals surface area contributed by atoms with Crippen LogP contribution in [0.4, 0.5) is 4.79 Å². The molecule has 0 bridgehead atoms. The van der Waals surface area contributed by atoms with E-state index in [1.54, 1.807) is 11.0 Å². The molecule has 2 heterocycles. The summed E-state index contributed by atoms with van der Waals surface area (Å²) >= 11 is 0. The summed E-state index contributed by atoms with van der Waals surface area (Å²) in [4.78, 5) is 24.8. The number of esters is 1. The molecule has 0 aromatic heterocycles. The minimum Gasteiger partial charge on any atom is -0.453 e. The molecule has 1 fully saturated rings. The van der Waals surface area contributed by atoms with Crippen LogP contribution in [-0.4, -0.2) is 42.3 Å². The van der Waals surface area contributed by atoms with E-state index < -0.39 is 5.60 Å². The molecule has 0 saturated carbocycles. The Morgan fingerprint density at radius 1 is 1.50 bits per heavy atom. The van der Waals surface area contributed by atoms with E-state index in [0.717, 1.165) is 25.7 Å². The van der Waals surface area contributed by atoms with Crippen LogP contribution in [0.2, 0.25) is 0 Å². The normalized spacial score (nSPS) is 32.0. The van der Waals surface area contributed by atoms with Gasteiger partial charge in [-0.05, 0) is 25.8 Å². The van der Waals surface area contributed by atoms with Gasteiger partial charge in [0.2, 0.25) is 0 Å². The number of carbonyl (C=O) groups is 2. The lowest BCUT2D eigenvalue weighted by molar-refractivity contribution is -0.149. The Morgan fingerprint density at radius 2 is 2.28 bits per heavy atom. The Bertz CT molecular complexity index is 379. The van der Waals surface area contributed by atoms with Crippen molar-refractivity contribution in [2.24, 2.45) is 0 Å². The fourth-order valence-electron chi connectivity index (χ4n) is 2.74. The predicted octanol–water partition coefficient (Wildman–Crippen LogP) is 1.87. The molecule has 0 N–H and O–H groups in total. The van der Waals surface area contributed by atoms with Crippen molar-refractivity contribution in [1.82, 2.24) is 4.90 Å². The SMILES string of the molecule is COC(=O)N1CCCCC[C@@H]1[C@]1(C)C=CC(=O)O1. The minimum atomic E-state index is -0.727. The number of carbonyl (C=O) groups excluding carboxylic acids is 2. The van der Waals surface area contributed by atoms with Gasteiger partial charge in [-0.2, -0.15) is 0 Å². The lowest BCUT2D eigenvalue weighted by Gasteiger charge is -2.38. The summed E-state index contributed by atoms with van der Waals surface area (Å²) in [6, 6.07) is -0.143. The first-order valence-corrected chi connectivity index (χ1v) is 6.33. The number of ether oxygens (including phenoxy) is 2. The molecule has 2 rings (SSSR count). The third kappa shape index (κ3) is 2.35. The lowest BCUT2D eigenvalue weighted by atomic mass is 9.92. The van der Waals surface area contributed by atoms with Crippen LogP contribution in [0, 0.1) is 0 Å². The fourth-order valence-corrected chi connectivity index (χ4v) is 2.74. The number of hydrogen-bond donors (Lipinski definition) is 0. The van der Waals surface area contributed by atoms with Crippen LogP contribution in [0.3, 0.4) is 0 Å². The average Bonchev–Trinajstić information content (AvgIpc) is 2.59. The highest BCUT2D eigenvalue weighted by atomic mass is 16.6. The van der Waals surface area contributed by atoms with E-state index in [-0.39, 0.29) is 18.1 Å². The molecule has 1 amide bonds. The average molecular weight is 253 g/mol. The van der Waals surface area contributed by atoms with Crippen LogP contribution in [0.1, 0.15) is 32.6 Å². The Labute approximate surface area is 107 Å². The number of hydrogen-bond acceptors (Lipinski definition) is 4. The molecule has 5 nitrogen and oxygen atoms in total. The summed E-state index contributed by atoms with van der Waals surface area (Å²) in [6.07, 6.45) is 6.72. The molecular formula is C13H19NO4. The molecule has 100 valence electrons. The quantitative estimate of drug-likeness (QED) is 0.669. The molecule has 5 heteroatoms. The van der Waals surface area contributed by atoms with E-state index in [1.165, 1.54) is 13.2 Å². The van der Waals surface area contributed by atoms with Crippen molar-refractivity contribution in [3.05, 3.63) is 12.2 Å². The molecule has 2 aliphatic rings. The standard InChI is InChI=1S/C13H19NO4/c1-13(8-7-11(15)18-13)10-6-4-3-5-9-14(10)12(16)17-2/h7-8,10H,3-6,9H2,1-2H3/t10-,13+/m1/s1. The fraction of sp³-hybridized carbons (Fsp3) is 0.692. The zero-order valence-electron chi connectivity index (χ0n) is 10.8. The molecule has 0 aromatic rings. The van der Waals surface area contributed by atoms with Gasteiger partial charge in [-0.15, -0.1) is 0 Å². The first-order valence-electron chi connectivity index (χ1n) is 6.33. The predicted molar refractivity (Wildman–Crippen MR) is 65.0 cm³/mol. The number of amides is 1. The molecule has 0 aromatic carbocycles. The van der Waals surface area contributed by atoms with Crippen LogP contribution in [-0.2, 0) is 14.3 Å². The maximum absolute atomic E-state index is 11.8. The second-order valence-electron chi connectivity index (χ2n) is 4.97. The van der Waals surface area contributed by atoms with Crippen molar-refractivity contribution in [1.29, 1.82) is 0 Å². The zero-order valence-corrected chi connectivity index (χ0v) is 10.8. The monoisotopic (exact) mass is 253 g/mol. The molecule has 0 radical (unpaired) electrons. The number of likely N-dealkylation sites (tertiary alicyclic amines) is 1.